The molecule has 0 bridgehead atoms. The fourth-order valence-electron chi connectivity index (χ4n) is 2.50. The number of nitrogens with one attached hydrogen (secondary N) is 1. The molecule has 1 aliphatic heterocycles. The van der Waals surface area contributed by atoms with Crippen molar-refractivity contribution < 1.29 is 18.0 Å². The molecule has 1 saturated heterocycles. The van der Waals surface area contributed by atoms with Gasteiger partial charge in [0.2, 0.25) is 11.8 Å². The van der Waals surface area contributed by atoms with Gasteiger partial charge in [0.25, 0.3) is 0 Å². The molecule has 1 aromatic carbocycles. The number of likely N-dealkylation sites (N-methyl/N-ethyl adjacent to an activating group) is 1. The van der Waals surface area contributed by atoms with Gasteiger partial charge in [0, 0.05) is 13.1 Å². The van der Waals surface area contributed by atoms with Crippen LogP contribution in [0.3, 0.4) is 0 Å². The zero-order chi connectivity index (χ0) is 17.0. The summed E-state index contributed by atoms with van der Waals surface area (Å²) in [6.45, 7) is 1.91. The molecule has 1 N–H and O–H groups in total. The van der Waals surface area contributed by atoms with Crippen LogP contribution >= 0.6 is 0 Å². The van der Waals surface area contributed by atoms with Crippen LogP contribution < -0.4 is 5.32 Å². The molecule has 1 heterocycles. The highest BCUT2D eigenvalue weighted by Crippen LogP contribution is 2.11. The third-order valence-electron chi connectivity index (χ3n) is 3.88. The van der Waals surface area contributed by atoms with E-state index in [1.165, 1.54) is 4.90 Å². The van der Waals surface area contributed by atoms with Gasteiger partial charge in [-0.25, -0.2) is 8.42 Å². The lowest BCUT2D eigenvalue weighted by molar-refractivity contribution is -0.134. The molecule has 1 atom stereocenters. The molecule has 2 rings (SSSR count). The Hall–Kier alpha value is -1.89. The van der Waals surface area contributed by atoms with Crippen molar-refractivity contribution in [1.29, 1.82) is 0 Å². The SMILES string of the molecule is Cc1ccc(CC(=O)N(C)CC(=O)NC2CCS(=O)(=O)C2)cc1. The molecule has 2 amide bonds. The van der Waals surface area contributed by atoms with E-state index in [-0.39, 0.29) is 42.3 Å². The van der Waals surface area contributed by atoms with E-state index in [9.17, 15) is 18.0 Å². The third-order valence-corrected chi connectivity index (χ3v) is 5.65. The summed E-state index contributed by atoms with van der Waals surface area (Å²) in [5.74, 6) is -0.380. The lowest BCUT2D eigenvalue weighted by atomic mass is 10.1. The zero-order valence-corrected chi connectivity index (χ0v) is 14.2. The Morgan fingerprint density at radius 3 is 2.48 bits per heavy atom. The zero-order valence-electron chi connectivity index (χ0n) is 13.4. The second-order valence-electron chi connectivity index (χ2n) is 6.08. The average Bonchev–Trinajstić information content (AvgIpc) is 2.80. The summed E-state index contributed by atoms with van der Waals surface area (Å²) in [7, 11) is -1.45. The highest BCUT2D eigenvalue weighted by atomic mass is 32.2. The van der Waals surface area contributed by atoms with Crippen molar-refractivity contribution in [3.8, 4) is 0 Å². The molecule has 1 aromatic rings. The van der Waals surface area contributed by atoms with Crippen LogP contribution in [0.2, 0.25) is 0 Å². The maximum atomic E-state index is 12.1. The van der Waals surface area contributed by atoms with Gasteiger partial charge in [-0.15, -0.1) is 0 Å². The molecule has 1 aliphatic rings. The first-order chi connectivity index (χ1) is 10.7. The molecular weight excluding hydrogens is 316 g/mol. The summed E-state index contributed by atoms with van der Waals surface area (Å²) in [4.78, 5) is 25.4. The minimum absolute atomic E-state index is 0.0141. The second kappa shape index (κ2) is 7.12. The molecule has 7 heteroatoms. The van der Waals surface area contributed by atoms with E-state index in [0.717, 1.165) is 11.1 Å². The highest BCUT2D eigenvalue weighted by Gasteiger charge is 2.29. The molecule has 0 saturated carbocycles. The van der Waals surface area contributed by atoms with E-state index in [1.54, 1.807) is 7.05 Å². The van der Waals surface area contributed by atoms with Crippen LogP contribution in [0.25, 0.3) is 0 Å². The van der Waals surface area contributed by atoms with Gasteiger partial charge in [-0.3, -0.25) is 9.59 Å². The molecule has 0 radical (unpaired) electrons. The summed E-state index contributed by atoms with van der Waals surface area (Å²) in [5.41, 5.74) is 2.02. The van der Waals surface area contributed by atoms with Crippen molar-refractivity contribution in [2.45, 2.75) is 25.8 Å². The van der Waals surface area contributed by atoms with Crippen molar-refractivity contribution in [1.82, 2.24) is 10.2 Å². The Morgan fingerprint density at radius 2 is 1.91 bits per heavy atom. The number of aryl methyl sites for hydroxylation is 1. The summed E-state index contributed by atoms with van der Waals surface area (Å²) >= 11 is 0. The molecule has 1 fully saturated rings. The summed E-state index contributed by atoms with van der Waals surface area (Å²) in [6, 6.07) is 7.33. The fourth-order valence-corrected chi connectivity index (χ4v) is 4.17. The predicted molar refractivity (Wildman–Crippen MR) is 87.7 cm³/mol. The van der Waals surface area contributed by atoms with Gasteiger partial charge < -0.3 is 10.2 Å². The van der Waals surface area contributed by atoms with E-state index in [0.29, 0.717) is 6.42 Å². The summed E-state index contributed by atoms with van der Waals surface area (Å²) in [6.07, 6.45) is 0.678. The van der Waals surface area contributed by atoms with E-state index in [4.69, 9.17) is 0 Å². The maximum Gasteiger partial charge on any atom is 0.239 e. The van der Waals surface area contributed by atoms with Crippen LogP contribution in [0, 0.1) is 6.92 Å². The molecule has 0 spiro atoms. The Labute approximate surface area is 136 Å². The lowest BCUT2D eigenvalue weighted by Crippen LogP contribution is -2.43. The Bertz CT molecular complexity index is 683. The average molecular weight is 338 g/mol. The van der Waals surface area contributed by atoms with Crippen molar-refractivity contribution in [3.63, 3.8) is 0 Å². The molecule has 1 unspecified atom stereocenters. The van der Waals surface area contributed by atoms with Crippen molar-refractivity contribution in [3.05, 3.63) is 35.4 Å². The topological polar surface area (TPSA) is 83.6 Å². The van der Waals surface area contributed by atoms with Crippen molar-refractivity contribution in [2.75, 3.05) is 25.1 Å². The Balaban J connectivity index is 1.81. The minimum Gasteiger partial charge on any atom is -0.351 e. The van der Waals surface area contributed by atoms with Crippen LogP contribution in [0.4, 0.5) is 0 Å². The normalized spacial score (nSPS) is 19.3. The monoisotopic (exact) mass is 338 g/mol. The molecule has 6 nitrogen and oxygen atoms in total. The number of benzene rings is 1. The number of nitrogens with zero attached hydrogens (tertiary/aromatic N) is 1. The van der Waals surface area contributed by atoms with E-state index >= 15 is 0 Å². The number of hydrogen-bond acceptors (Lipinski definition) is 4. The molecule has 126 valence electrons. The number of carbonyl (C=O) groups is 2. The first-order valence-electron chi connectivity index (χ1n) is 7.54. The van der Waals surface area contributed by atoms with Crippen molar-refractivity contribution in [2.24, 2.45) is 0 Å². The van der Waals surface area contributed by atoms with Crippen LogP contribution in [0.1, 0.15) is 17.5 Å². The van der Waals surface area contributed by atoms with Gasteiger partial charge in [0.05, 0.1) is 24.5 Å². The van der Waals surface area contributed by atoms with E-state index in [2.05, 4.69) is 5.32 Å². The lowest BCUT2D eigenvalue weighted by Gasteiger charge is -2.18. The van der Waals surface area contributed by atoms with Crippen molar-refractivity contribution >= 4 is 21.7 Å². The second-order valence-corrected chi connectivity index (χ2v) is 8.31. The van der Waals surface area contributed by atoms with Crippen LogP contribution in [-0.4, -0.2) is 56.3 Å². The highest BCUT2D eigenvalue weighted by molar-refractivity contribution is 7.91. The Morgan fingerprint density at radius 1 is 1.26 bits per heavy atom. The quantitative estimate of drug-likeness (QED) is 0.837. The molecule has 0 aliphatic carbocycles. The fraction of sp³-hybridized carbons (Fsp3) is 0.500. The standard InChI is InChI=1S/C16H22N2O4S/c1-12-3-5-13(6-4-12)9-16(20)18(2)10-15(19)17-14-7-8-23(21,22)11-14/h3-6,14H,7-11H2,1-2H3,(H,17,19). The number of sulfone groups is 1. The first-order valence-corrected chi connectivity index (χ1v) is 9.36. The van der Waals surface area contributed by atoms with Crippen LogP contribution in [0.5, 0.6) is 0 Å². The first kappa shape index (κ1) is 17.5. The smallest absolute Gasteiger partial charge is 0.239 e. The molecular formula is C16H22N2O4S. The van der Waals surface area contributed by atoms with E-state index < -0.39 is 9.84 Å². The minimum atomic E-state index is -3.03. The van der Waals surface area contributed by atoms with Gasteiger partial charge in [0.1, 0.15) is 0 Å². The summed E-state index contributed by atoms with van der Waals surface area (Å²) < 4.78 is 22.7. The third kappa shape index (κ3) is 5.35. The van der Waals surface area contributed by atoms with Gasteiger partial charge >= 0.3 is 0 Å². The number of carbonyl (C=O) groups excluding carboxylic acids is 2. The maximum absolute atomic E-state index is 12.1. The Kier molecular flexibility index (Phi) is 5.41. The number of hydrogen-bond donors (Lipinski definition) is 1. The largest absolute Gasteiger partial charge is 0.351 e. The van der Waals surface area contributed by atoms with Crippen LogP contribution in [0.15, 0.2) is 24.3 Å². The number of rotatable bonds is 5. The van der Waals surface area contributed by atoms with Crippen LogP contribution in [-0.2, 0) is 25.8 Å². The predicted octanol–water partition coefficient (Wildman–Crippen LogP) is 0.299. The van der Waals surface area contributed by atoms with E-state index in [1.807, 2.05) is 31.2 Å². The molecule has 23 heavy (non-hydrogen) atoms. The van der Waals surface area contributed by atoms with Gasteiger partial charge in [-0.05, 0) is 18.9 Å². The van der Waals surface area contributed by atoms with Gasteiger partial charge in [-0.2, -0.15) is 0 Å². The number of amides is 2. The summed E-state index contributed by atoms with van der Waals surface area (Å²) in [5, 5.41) is 2.68. The van der Waals surface area contributed by atoms with Gasteiger partial charge in [-0.1, -0.05) is 29.8 Å². The van der Waals surface area contributed by atoms with Gasteiger partial charge in [0.15, 0.2) is 9.84 Å². The molecule has 0 aromatic heterocycles.